The Hall–Kier alpha value is -1.80. The van der Waals surface area contributed by atoms with Gasteiger partial charge in [-0.15, -0.1) is 23.1 Å². The highest BCUT2D eigenvalue weighted by Crippen LogP contribution is 2.42. The fourth-order valence-corrected chi connectivity index (χ4v) is 4.64. The van der Waals surface area contributed by atoms with Crippen LogP contribution in [-0.2, 0) is 16.0 Å². The van der Waals surface area contributed by atoms with Gasteiger partial charge in [0.05, 0.1) is 14.6 Å². The number of aromatic amines is 1. The van der Waals surface area contributed by atoms with E-state index in [-0.39, 0.29) is 5.91 Å². The van der Waals surface area contributed by atoms with Crippen molar-refractivity contribution < 1.29 is 14.3 Å². The topological polar surface area (TPSA) is 84.1 Å². The molecule has 2 aromatic heterocycles. The largest absolute Gasteiger partial charge is 0.458 e. The van der Waals surface area contributed by atoms with Crippen LogP contribution < -0.4 is 5.32 Å². The number of thioether (sulfide) groups is 1. The third-order valence-electron chi connectivity index (χ3n) is 3.53. The molecule has 3 rings (SSSR count). The molecule has 2 N–H and O–H groups in total. The van der Waals surface area contributed by atoms with Crippen LogP contribution in [0.4, 0.5) is 0 Å². The molecule has 0 spiro atoms. The average molecular weight is 365 g/mol. The molecule has 1 aliphatic rings. The molecule has 0 bridgehead atoms. The van der Waals surface area contributed by atoms with E-state index in [9.17, 15) is 9.59 Å². The van der Waals surface area contributed by atoms with E-state index in [2.05, 4.69) is 15.5 Å². The monoisotopic (exact) mass is 365 g/mol. The second-order valence-electron chi connectivity index (χ2n) is 6.50. The predicted molar refractivity (Wildman–Crippen MR) is 94.5 cm³/mol. The fraction of sp³-hybridized carbons (Fsp3) is 0.438. The number of hydrogen-bond donors (Lipinski definition) is 2. The molecule has 0 fully saturated rings. The molecule has 8 heteroatoms. The molecule has 2 aromatic rings. The van der Waals surface area contributed by atoms with Crippen LogP contribution >= 0.6 is 23.1 Å². The molecule has 0 saturated heterocycles. The summed E-state index contributed by atoms with van der Waals surface area (Å²) < 4.78 is 6.36. The number of esters is 1. The first kappa shape index (κ1) is 17.0. The van der Waals surface area contributed by atoms with Gasteiger partial charge in [0.25, 0.3) is 5.91 Å². The minimum absolute atomic E-state index is 0.227. The molecule has 0 aromatic carbocycles. The van der Waals surface area contributed by atoms with Gasteiger partial charge < -0.3 is 10.1 Å². The van der Waals surface area contributed by atoms with Gasteiger partial charge in [-0.2, -0.15) is 5.10 Å². The maximum Gasteiger partial charge on any atom is 0.329 e. The number of rotatable bonds is 3. The van der Waals surface area contributed by atoms with Gasteiger partial charge in [0.1, 0.15) is 17.3 Å². The molecule has 1 aliphatic heterocycles. The number of fused-ring (bicyclic) bond motifs is 1. The number of nitrogens with zero attached hydrogens (tertiary/aromatic N) is 1. The van der Waals surface area contributed by atoms with Gasteiger partial charge in [-0.05, 0) is 38.7 Å². The van der Waals surface area contributed by atoms with Gasteiger partial charge in [-0.1, -0.05) is 0 Å². The lowest BCUT2D eigenvalue weighted by molar-refractivity contribution is -0.157. The van der Waals surface area contributed by atoms with Crippen molar-refractivity contribution in [2.75, 3.05) is 6.26 Å². The minimum atomic E-state index is -0.675. The molecule has 0 aliphatic carbocycles. The van der Waals surface area contributed by atoms with Crippen LogP contribution in [0.2, 0.25) is 0 Å². The highest BCUT2D eigenvalue weighted by molar-refractivity contribution is 8.00. The third-order valence-corrected chi connectivity index (χ3v) is 5.90. The summed E-state index contributed by atoms with van der Waals surface area (Å²) >= 11 is 3.06. The number of aromatic nitrogens is 2. The number of ether oxygens (including phenoxy) is 1. The lowest BCUT2D eigenvalue weighted by Gasteiger charge is -2.27. The van der Waals surface area contributed by atoms with E-state index < -0.39 is 17.6 Å². The quantitative estimate of drug-likeness (QED) is 0.645. The summed E-state index contributed by atoms with van der Waals surface area (Å²) in [5, 5.41) is 9.80. The molecule has 1 unspecified atom stereocenters. The number of carbonyl (C=O) groups is 2. The van der Waals surface area contributed by atoms with E-state index in [1.807, 2.05) is 33.1 Å². The first-order chi connectivity index (χ1) is 11.3. The summed E-state index contributed by atoms with van der Waals surface area (Å²) in [5.41, 5.74) is 1.72. The van der Waals surface area contributed by atoms with Crippen molar-refractivity contribution >= 4 is 35.0 Å². The number of amides is 1. The molecular weight excluding hydrogens is 346 g/mol. The van der Waals surface area contributed by atoms with Crippen molar-refractivity contribution in [3.8, 4) is 10.6 Å². The highest BCUT2D eigenvalue weighted by Gasteiger charge is 2.37. The van der Waals surface area contributed by atoms with Crippen LogP contribution in [0.3, 0.4) is 0 Å². The van der Waals surface area contributed by atoms with Crippen molar-refractivity contribution in [1.29, 1.82) is 0 Å². The summed E-state index contributed by atoms with van der Waals surface area (Å²) in [6, 6.07) is 1.19. The number of H-pyrrole nitrogens is 1. The van der Waals surface area contributed by atoms with Crippen LogP contribution in [0.15, 0.2) is 16.5 Å². The first-order valence-electron chi connectivity index (χ1n) is 7.53. The zero-order valence-electron chi connectivity index (χ0n) is 13.9. The van der Waals surface area contributed by atoms with E-state index in [1.165, 1.54) is 23.1 Å². The summed E-state index contributed by atoms with van der Waals surface area (Å²) in [7, 11) is 0. The number of carbonyl (C=O) groups excluding carboxylic acids is 2. The fourth-order valence-electron chi connectivity index (χ4n) is 2.60. The van der Waals surface area contributed by atoms with Crippen LogP contribution in [0.5, 0.6) is 0 Å². The van der Waals surface area contributed by atoms with E-state index in [1.54, 1.807) is 6.20 Å². The standard InChI is InChI=1S/C16H19N3O3S2/c1-16(2,3)22-14(21)10-7-8-11(13(20)18-10)15(23-4)24-12(8)9-5-6-17-19-9/h5-6,10H,7H2,1-4H3,(H,17,19)(H,18,20). The normalized spacial score (nSPS) is 17.3. The summed E-state index contributed by atoms with van der Waals surface area (Å²) in [4.78, 5) is 25.9. The van der Waals surface area contributed by atoms with Crippen molar-refractivity contribution in [3.05, 3.63) is 23.4 Å². The molecule has 6 nitrogen and oxygen atoms in total. The Morgan fingerprint density at radius 3 is 2.79 bits per heavy atom. The van der Waals surface area contributed by atoms with Crippen LogP contribution in [0.25, 0.3) is 10.6 Å². The molecule has 0 radical (unpaired) electrons. The summed E-state index contributed by atoms with van der Waals surface area (Å²) in [6.45, 7) is 5.44. The second kappa shape index (κ2) is 6.25. The molecule has 1 amide bonds. The van der Waals surface area contributed by atoms with Crippen molar-refractivity contribution in [2.24, 2.45) is 0 Å². The zero-order chi connectivity index (χ0) is 17.5. The molecule has 3 heterocycles. The Morgan fingerprint density at radius 2 is 2.21 bits per heavy atom. The molecule has 128 valence electrons. The third kappa shape index (κ3) is 3.21. The van der Waals surface area contributed by atoms with E-state index in [0.717, 1.165) is 20.3 Å². The number of thiophene rings is 1. The molecule has 24 heavy (non-hydrogen) atoms. The van der Waals surface area contributed by atoms with Gasteiger partial charge in [-0.3, -0.25) is 9.89 Å². The van der Waals surface area contributed by atoms with Crippen molar-refractivity contribution in [3.63, 3.8) is 0 Å². The smallest absolute Gasteiger partial charge is 0.329 e. The SMILES string of the molecule is CSc1sc(-c2cc[nH]n2)c2c1C(=O)NC(C(=O)OC(C)(C)C)C2. The molecule has 1 atom stereocenters. The van der Waals surface area contributed by atoms with E-state index in [4.69, 9.17) is 4.74 Å². The van der Waals surface area contributed by atoms with Crippen LogP contribution in [0.1, 0.15) is 36.7 Å². The summed E-state index contributed by atoms with van der Waals surface area (Å²) in [5.74, 6) is -0.638. The second-order valence-corrected chi connectivity index (χ2v) is 8.59. The Morgan fingerprint density at radius 1 is 1.46 bits per heavy atom. The summed E-state index contributed by atoms with van der Waals surface area (Å²) in [6.07, 6.45) is 4.09. The Balaban J connectivity index is 1.98. The van der Waals surface area contributed by atoms with Crippen molar-refractivity contribution in [1.82, 2.24) is 15.5 Å². The van der Waals surface area contributed by atoms with E-state index >= 15 is 0 Å². The van der Waals surface area contributed by atoms with Gasteiger partial charge in [-0.25, -0.2) is 4.79 Å². The van der Waals surface area contributed by atoms with Gasteiger partial charge in [0, 0.05) is 12.6 Å². The zero-order valence-corrected chi connectivity index (χ0v) is 15.6. The minimum Gasteiger partial charge on any atom is -0.458 e. The lowest BCUT2D eigenvalue weighted by atomic mass is 9.96. The van der Waals surface area contributed by atoms with Crippen molar-refractivity contribution in [2.45, 2.75) is 43.0 Å². The maximum atomic E-state index is 12.6. The van der Waals surface area contributed by atoms with Crippen LogP contribution in [-0.4, -0.2) is 40.0 Å². The number of hydrogen-bond acceptors (Lipinski definition) is 6. The molecular formula is C16H19N3O3S2. The van der Waals surface area contributed by atoms with Crippen LogP contribution in [0, 0.1) is 0 Å². The predicted octanol–water partition coefficient (Wildman–Crippen LogP) is 2.86. The number of nitrogens with one attached hydrogen (secondary N) is 2. The first-order valence-corrected chi connectivity index (χ1v) is 9.58. The Labute approximate surface area is 148 Å². The van der Waals surface area contributed by atoms with Gasteiger partial charge in [0.15, 0.2) is 0 Å². The van der Waals surface area contributed by atoms with Gasteiger partial charge in [0.2, 0.25) is 0 Å². The Bertz CT molecular complexity index is 775. The highest BCUT2D eigenvalue weighted by atomic mass is 32.2. The van der Waals surface area contributed by atoms with Gasteiger partial charge >= 0.3 is 5.97 Å². The maximum absolute atomic E-state index is 12.6. The molecule has 0 saturated carbocycles. The van der Waals surface area contributed by atoms with E-state index in [0.29, 0.717) is 12.0 Å². The Kier molecular flexibility index (Phi) is 4.44. The lowest BCUT2D eigenvalue weighted by Crippen LogP contribution is -2.48. The average Bonchev–Trinajstić information content (AvgIpc) is 3.12.